The third-order valence-electron chi connectivity index (χ3n) is 5.66. The van der Waals surface area contributed by atoms with Crippen LogP contribution in [0.1, 0.15) is 26.3 Å². The molecule has 0 aliphatic carbocycles. The molecule has 0 spiro atoms. The largest absolute Gasteiger partial charge is 0.497 e. The standard InChI is InChI=1S/C26H28N2O5S/c1-26(2,3)18-13-14-23-22(15-18)28(34(30,31)21-11-6-5-7-12-21)17-24(33-23)25(29)27-19-9-8-10-20(16-19)32-4/h5-16,24H,17H2,1-4H3,(H,27,29)/t24-/m0/s1. The highest BCUT2D eigenvalue weighted by atomic mass is 32.2. The Labute approximate surface area is 200 Å². The van der Waals surface area contributed by atoms with E-state index in [1.807, 2.05) is 12.1 Å². The van der Waals surface area contributed by atoms with Crippen LogP contribution >= 0.6 is 0 Å². The van der Waals surface area contributed by atoms with Crippen LogP contribution in [0.15, 0.2) is 77.7 Å². The molecule has 8 heteroatoms. The maximum Gasteiger partial charge on any atom is 0.267 e. The van der Waals surface area contributed by atoms with Gasteiger partial charge in [0.15, 0.2) is 6.10 Å². The Morgan fingerprint density at radius 1 is 1.03 bits per heavy atom. The van der Waals surface area contributed by atoms with Crippen LogP contribution in [0.2, 0.25) is 0 Å². The van der Waals surface area contributed by atoms with E-state index in [0.717, 1.165) is 5.56 Å². The Morgan fingerprint density at radius 3 is 2.44 bits per heavy atom. The van der Waals surface area contributed by atoms with Crippen molar-refractivity contribution in [2.24, 2.45) is 0 Å². The summed E-state index contributed by atoms with van der Waals surface area (Å²) in [7, 11) is -2.39. The Balaban J connectivity index is 1.72. The number of sulfonamides is 1. The van der Waals surface area contributed by atoms with Crippen LogP contribution in [0, 0.1) is 0 Å². The average Bonchev–Trinajstić information content (AvgIpc) is 2.83. The number of nitrogens with one attached hydrogen (secondary N) is 1. The van der Waals surface area contributed by atoms with Gasteiger partial charge < -0.3 is 14.8 Å². The van der Waals surface area contributed by atoms with Crippen LogP contribution in [0.5, 0.6) is 11.5 Å². The number of ether oxygens (including phenoxy) is 2. The molecule has 0 unspecified atom stereocenters. The molecular weight excluding hydrogens is 452 g/mol. The maximum absolute atomic E-state index is 13.6. The number of anilines is 2. The van der Waals surface area contributed by atoms with Crippen molar-refractivity contribution in [3.8, 4) is 11.5 Å². The zero-order chi connectivity index (χ0) is 24.5. The second-order valence-corrected chi connectivity index (χ2v) is 11.0. The van der Waals surface area contributed by atoms with Gasteiger partial charge >= 0.3 is 0 Å². The number of benzene rings is 3. The molecule has 7 nitrogen and oxygen atoms in total. The van der Waals surface area contributed by atoms with E-state index in [-0.39, 0.29) is 16.9 Å². The third-order valence-corrected chi connectivity index (χ3v) is 7.45. The van der Waals surface area contributed by atoms with Crippen molar-refractivity contribution >= 4 is 27.3 Å². The first-order valence-electron chi connectivity index (χ1n) is 10.9. The van der Waals surface area contributed by atoms with E-state index in [1.165, 1.54) is 4.31 Å². The first-order chi connectivity index (χ1) is 16.1. The third kappa shape index (κ3) is 4.72. The number of carbonyl (C=O) groups is 1. The van der Waals surface area contributed by atoms with Crippen molar-refractivity contribution < 1.29 is 22.7 Å². The SMILES string of the molecule is COc1cccc(NC(=O)[C@@H]2CN(S(=O)(=O)c3ccccc3)c3cc(C(C)(C)C)ccc3O2)c1. The molecule has 0 saturated heterocycles. The van der Waals surface area contributed by atoms with Gasteiger partial charge in [0.1, 0.15) is 11.5 Å². The maximum atomic E-state index is 13.6. The van der Waals surface area contributed by atoms with E-state index in [1.54, 1.807) is 67.8 Å². The molecule has 0 bridgehead atoms. The molecule has 0 saturated carbocycles. The number of fused-ring (bicyclic) bond motifs is 1. The topological polar surface area (TPSA) is 84.9 Å². The predicted octanol–water partition coefficient (Wildman–Crippen LogP) is 4.59. The zero-order valence-electron chi connectivity index (χ0n) is 19.6. The number of amides is 1. The summed E-state index contributed by atoms with van der Waals surface area (Å²) in [6.07, 6.45) is -1.04. The van der Waals surface area contributed by atoms with Gasteiger partial charge in [-0.05, 0) is 47.4 Å². The van der Waals surface area contributed by atoms with Gasteiger partial charge in [-0.2, -0.15) is 0 Å². The Kier molecular flexibility index (Phi) is 6.27. The van der Waals surface area contributed by atoms with Crippen molar-refractivity contribution in [3.63, 3.8) is 0 Å². The molecule has 1 N–H and O–H groups in total. The molecule has 0 radical (unpaired) electrons. The molecule has 178 valence electrons. The van der Waals surface area contributed by atoms with Crippen molar-refractivity contribution in [1.82, 2.24) is 0 Å². The predicted molar refractivity (Wildman–Crippen MR) is 132 cm³/mol. The van der Waals surface area contributed by atoms with Gasteiger partial charge in [-0.25, -0.2) is 8.42 Å². The highest BCUT2D eigenvalue weighted by molar-refractivity contribution is 7.92. The number of hydrogen-bond acceptors (Lipinski definition) is 5. The molecule has 4 rings (SSSR count). The summed E-state index contributed by atoms with van der Waals surface area (Å²) < 4.78 is 39.8. The van der Waals surface area contributed by atoms with Crippen molar-refractivity contribution in [3.05, 3.63) is 78.4 Å². The van der Waals surface area contributed by atoms with Crippen LogP contribution < -0.4 is 19.1 Å². The van der Waals surface area contributed by atoms with Gasteiger partial charge in [-0.15, -0.1) is 0 Å². The number of methoxy groups -OCH3 is 1. The van der Waals surface area contributed by atoms with Crippen molar-refractivity contribution in [2.75, 3.05) is 23.3 Å². The van der Waals surface area contributed by atoms with E-state index in [0.29, 0.717) is 22.9 Å². The Morgan fingerprint density at radius 2 is 1.76 bits per heavy atom. The fourth-order valence-electron chi connectivity index (χ4n) is 3.73. The Bertz CT molecular complexity index is 1300. The minimum atomic E-state index is -3.93. The molecule has 1 aliphatic heterocycles. The molecule has 1 amide bonds. The number of hydrogen-bond donors (Lipinski definition) is 1. The van der Waals surface area contributed by atoms with E-state index in [9.17, 15) is 13.2 Å². The lowest BCUT2D eigenvalue weighted by molar-refractivity contribution is -0.122. The summed E-state index contributed by atoms with van der Waals surface area (Å²) in [5, 5.41) is 2.80. The second kappa shape index (κ2) is 9.02. The summed E-state index contributed by atoms with van der Waals surface area (Å²) in [6, 6.07) is 20.6. The summed E-state index contributed by atoms with van der Waals surface area (Å²) in [4.78, 5) is 13.3. The summed E-state index contributed by atoms with van der Waals surface area (Å²) in [5.41, 5.74) is 1.71. The monoisotopic (exact) mass is 480 g/mol. The van der Waals surface area contributed by atoms with E-state index in [4.69, 9.17) is 9.47 Å². The lowest BCUT2D eigenvalue weighted by Crippen LogP contribution is -2.49. The van der Waals surface area contributed by atoms with Crippen molar-refractivity contribution in [2.45, 2.75) is 37.2 Å². The summed E-state index contributed by atoms with van der Waals surface area (Å²) in [5.74, 6) is 0.479. The van der Waals surface area contributed by atoms with Gasteiger partial charge in [-0.1, -0.05) is 51.1 Å². The molecular formula is C26H28N2O5S. The minimum Gasteiger partial charge on any atom is -0.497 e. The lowest BCUT2D eigenvalue weighted by Gasteiger charge is -2.36. The summed E-state index contributed by atoms with van der Waals surface area (Å²) in [6.45, 7) is 6.00. The van der Waals surface area contributed by atoms with Crippen LogP contribution in [-0.4, -0.2) is 34.1 Å². The molecule has 1 atom stereocenters. The average molecular weight is 481 g/mol. The molecule has 3 aromatic carbocycles. The zero-order valence-corrected chi connectivity index (χ0v) is 20.4. The lowest BCUT2D eigenvalue weighted by atomic mass is 9.86. The highest BCUT2D eigenvalue weighted by Gasteiger charge is 2.38. The number of rotatable bonds is 5. The normalized spacial score (nSPS) is 15.8. The smallest absolute Gasteiger partial charge is 0.267 e. The molecule has 0 aromatic heterocycles. The molecule has 1 heterocycles. The van der Waals surface area contributed by atoms with Crippen molar-refractivity contribution in [1.29, 1.82) is 0 Å². The molecule has 1 aliphatic rings. The first-order valence-corrected chi connectivity index (χ1v) is 12.4. The minimum absolute atomic E-state index is 0.149. The van der Waals surface area contributed by atoms with Gasteiger partial charge in [-0.3, -0.25) is 9.10 Å². The van der Waals surface area contributed by atoms with Gasteiger partial charge in [0.05, 0.1) is 24.2 Å². The second-order valence-electron chi connectivity index (χ2n) is 9.11. The van der Waals surface area contributed by atoms with Gasteiger partial charge in [0, 0.05) is 11.8 Å². The Hall–Kier alpha value is -3.52. The summed E-state index contributed by atoms with van der Waals surface area (Å²) >= 11 is 0. The van der Waals surface area contributed by atoms with Crippen LogP contribution in [0.4, 0.5) is 11.4 Å². The quantitative estimate of drug-likeness (QED) is 0.578. The molecule has 0 fully saturated rings. The first kappa shape index (κ1) is 23.6. The number of nitrogens with zero attached hydrogens (tertiary/aromatic N) is 1. The van der Waals surface area contributed by atoms with Gasteiger partial charge in [0.2, 0.25) is 0 Å². The van der Waals surface area contributed by atoms with E-state index in [2.05, 4.69) is 26.1 Å². The van der Waals surface area contributed by atoms with Crippen LogP contribution in [0.3, 0.4) is 0 Å². The molecule has 34 heavy (non-hydrogen) atoms. The fourth-order valence-corrected chi connectivity index (χ4v) is 5.21. The van der Waals surface area contributed by atoms with E-state index >= 15 is 0 Å². The van der Waals surface area contributed by atoms with E-state index < -0.39 is 22.0 Å². The van der Waals surface area contributed by atoms with Crippen LogP contribution in [0.25, 0.3) is 0 Å². The fraction of sp³-hybridized carbons (Fsp3) is 0.269. The molecule has 3 aromatic rings. The van der Waals surface area contributed by atoms with Crippen LogP contribution in [-0.2, 0) is 20.2 Å². The number of carbonyl (C=O) groups excluding carboxylic acids is 1. The highest BCUT2D eigenvalue weighted by Crippen LogP contribution is 2.40. The van der Waals surface area contributed by atoms with Gasteiger partial charge in [0.25, 0.3) is 15.9 Å².